The minimum absolute atomic E-state index is 0.0139. The normalized spacial score (nSPS) is 15.0. The zero-order valence-corrected chi connectivity index (χ0v) is 15.3. The molecule has 0 spiro atoms. The van der Waals surface area contributed by atoms with Crippen molar-refractivity contribution >= 4 is 11.8 Å². The minimum atomic E-state index is -0.0270. The average molecular weight is 347 g/mol. The zero-order chi connectivity index (χ0) is 18.1. The van der Waals surface area contributed by atoms with Crippen LogP contribution < -0.4 is 5.32 Å². The highest BCUT2D eigenvalue weighted by molar-refractivity contribution is 5.78. The van der Waals surface area contributed by atoms with Crippen molar-refractivity contribution < 1.29 is 14.3 Å². The van der Waals surface area contributed by atoms with Crippen LogP contribution in [-0.4, -0.2) is 67.6 Å². The number of hydrogen-bond donors (Lipinski definition) is 1. The Morgan fingerprint density at radius 2 is 1.92 bits per heavy atom. The van der Waals surface area contributed by atoms with Gasteiger partial charge in [0.25, 0.3) is 0 Å². The number of carbonyl (C=O) groups is 2. The Bertz CT molecular complexity index is 571. The van der Waals surface area contributed by atoms with Gasteiger partial charge in [0.05, 0.1) is 13.2 Å². The fourth-order valence-corrected chi connectivity index (χ4v) is 2.84. The summed E-state index contributed by atoms with van der Waals surface area (Å²) in [5.41, 5.74) is 2.28. The lowest BCUT2D eigenvalue weighted by atomic mass is 10.1. The fourth-order valence-electron chi connectivity index (χ4n) is 2.84. The molecule has 138 valence electrons. The van der Waals surface area contributed by atoms with Crippen molar-refractivity contribution in [1.29, 1.82) is 0 Å². The number of ether oxygens (including phenoxy) is 1. The molecule has 1 aliphatic heterocycles. The molecule has 1 aliphatic rings. The lowest BCUT2D eigenvalue weighted by Crippen LogP contribution is -2.43. The first-order valence-corrected chi connectivity index (χ1v) is 8.93. The third-order valence-electron chi connectivity index (χ3n) is 4.58. The predicted octanol–water partition coefficient (Wildman–Crippen LogP) is 1.18. The highest BCUT2D eigenvalue weighted by Crippen LogP contribution is 2.06. The summed E-state index contributed by atoms with van der Waals surface area (Å²) in [5, 5.41) is 2.94. The molecule has 1 fully saturated rings. The maximum absolute atomic E-state index is 12.1. The molecular formula is C19H29N3O3. The van der Waals surface area contributed by atoms with E-state index in [9.17, 15) is 9.59 Å². The third-order valence-corrected chi connectivity index (χ3v) is 4.58. The molecule has 25 heavy (non-hydrogen) atoms. The third kappa shape index (κ3) is 6.84. The van der Waals surface area contributed by atoms with Gasteiger partial charge in [0.1, 0.15) is 0 Å². The molecule has 0 bridgehead atoms. The molecule has 2 amide bonds. The number of hydrogen-bond acceptors (Lipinski definition) is 4. The summed E-state index contributed by atoms with van der Waals surface area (Å²) < 4.78 is 5.33. The van der Waals surface area contributed by atoms with Crippen molar-refractivity contribution in [3.8, 4) is 0 Å². The number of nitrogens with zero attached hydrogens (tertiary/aromatic N) is 2. The first kappa shape index (κ1) is 19.4. The van der Waals surface area contributed by atoms with E-state index < -0.39 is 0 Å². The second kappa shape index (κ2) is 10.2. The van der Waals surface area contributed by atoms with E-state index in [0.29, 0.717) is 26.1 Å². The molecule has 1 heterocycles. The van der Waals surface area contributed by atoms with Gasteiger partial charge >= 0.3 is 0 Å². The Labute approximate surface area is 150 Å². The predicted molar refractivity (Wildman–Crippen MR) is 97.2 cm³/mol. The summed E-state index contributed by atoms with van der Waals surface area (Å²) in [4.78, 5) is 27.9. The molecule has 1 saturated heterocycles. The van der Waals surface area contributed by atoms with Crippen LogP contribution >= 0.6 is 0 Å². The summed E-state index contributed by atoms with van der Waals surface area (Å²) in [6.45, 7) is 9.37. The molecule has 6 heteroatoms. The molecule has 0 aromatic heterocycles. The highest BCUT2D eigenvalue weighted by atomic mass is 16.5. The standard InChI is InChI=1S/C19H29N3O3/c1-16-5-3-4-6-18(16)15-20-19(24)7-8-22(17(2)23)10-9-21-11-13-25-14-12-21/h3-6H,7-15H2,1-2H3,(H,20,24). The van der Waals surface area contributed by atoms with Gasteiger partial charge in [-0.15, -0.1) is 0 Å². The van der Waals surface area contributed by atoms with Gasteiger partial charge in [0.2, 0.25) is 11.8 Å². The van der Waals surface area contributed by atoms with E-state index >= 15 is 0 Å². The maximum atomic E-state index is 12.1. The Balaban J connectivity index is 1.71. The van der Waals surface area contributed by atoms with Crippen molar-refractivity contribution in [2.45, 2.75) is 26.8 Å². The Hall–Kier alpha value is -1.92. The zero-order valence-electron chi connectivity index (χ0n) is 15.3. The van der Waals surface area contributed by atoms with Gasteiger partial charge in [0, 0.05) is 52.6 Å². The molecule has 0 unspecified atom stereocenters. The molecule has 0 saturated carbocycles. The van der Waals surface area contributed by atoms with E-state index in [-0.39, 0.29) is 11.8 Å². The van der Waals surface area contributed by atoms with E-state index in [1.165, 1.54) is 5.56 Å². The Morgan fingerprint density at radius 3 is 2.60 bits per heavy atom. The first-order valence-electron chi connectivity index (χ1n) is 8.93. The SMILES string of the molecule is CC(=O)N(CCC(=O)NCc1ccccc1C)CCN1CCOCC1. The smallest absolute Gasteiger partial charge is 0.222 e. The van der Waals surface area contributed by atoms with Crippen LogP contribution in [0.2, 0.25) is 0 Å². The van der Waals surface area contributed by atoms with Gasteiger partial charge < -0.3 is 15.0 Å². The van der Waals surface area contributed by atoms with Crippen LogP contribution in [0.25, 0.3) is 0 Å². The molecule has 1 N–H and O–H groups in total. The van der Waals surface area contributed by atoms with Crippen molar-refractivity contribution in [1.82, 2.24) is 15.1 Å². The largest absolute Gasteiger partial charge is 0.379 e. The number of aryl methyl sites for hydroxylation is 1. The maximum Gasteiger partial charge on any atom is 0.222 e. The van der Waals surface area contributed by atoms with Gasteiger partial charge in [-0.2, -0.15) is 0 Å². The van der Waals surface area contributed by atoms with Crippen molar-refractivity contribution in [3.05, 3.63) is 35.4 Å². The lowest BCUT2D eigenvalue weighted by molar-refractivity contribution is -0.130. The molecule has 0 radical (unpaired) electrons. The van der Waals surface area contributed by atoms with Crippen LogP contribution in [0.4, 0.5) is 0 Å². The Kier molecular flexibility index (Phi) is 7.88. The van der Waals surface area contributed by atoms with Crippen LogP contribution in [0.1, 0.15) is 24.5 Å². The van der Waals surface area contributed by atoms with Crippen molar-refractivity contribution in [2.24, 2.45) is 0 Å². The number of benzene rings is 1. The van der Waals surface area contributed by atoms with Crippen LogP contribution in [-0.2, 0) is 20.9 Å². The molecule has 1 aromatic rings. The van der Waals surface area contributed by atoms with Crippen LogP contribution in [0.15, 0.2) is 24.3 Å². The fraction of sp³-hybridized carbons (Fsp3) is 0.579. The van der Waals surface area contributed by atoms with Crippen LogP contribution in [0.5, 0.6) is 0 Å². The highest BCUT2D eigenvalue weighted by Gasteiger charge is 2.15. The second-order valence-electron chi connectivity index (χ2n) is 6.41. The summed E-state index contributed by atoms with van der Waals surface area (Å²) in [5.74, 6) is -0.0131. The molecule has 2 rings (SSSR count). The van der Waals surface area contributed by atoms with Gasteiger partial charge in [0.15, 0.2) is 0 Å². The van der Waals surface area contributed by atoms with E-state index in [1.54, 1.807) is 11.8 Å². The topological polar surface area (TPSA) is 61.9 Å². The van der Waals surface area contributed by atoms with Crippen molar-refractivity contribution in [2.75, 3.05) is 45.9 Å². The summed E-state index contributed by atoms with van der Waals surface area (Å²) in [6, 6.07) is 8.00. The number of amides is 2. The van der Waals surface area contributed by atoms with Gasteiger partial charge in [-0.25, -0.2) is 0 Å². The van der Waals surface area contributed by atoms with E-state index in [2.05, 4.69) is 10.2 Å². The monoisotopic (exact) mass is 347 g/mol. The lowest BCUT2D eigenvalue weighted by Gasteiger charge is -2.29. The molecule has 1 aromatic carbocycles. The van der Waals surface area contributed by atoms with Gasteiger partial charge in [-0.05, 0) is 18.1 Å². The van der Waals surface area contributed by atoms with E-state index in [1.807, 2.05) is 31.2 Å². The first-order chi connectivity index (χ1) is 12.1. The second-order valence-corrected chi connectivity index (χ2v) is 6.41. The number of carbonyl (C=O) groups excluding carboxylic acids is 2. The van der Waals surface area contributed by atoms with E-state index in [0.717, 1.165) is 38.4 Å². The number of nitrogens with one attached hydrogen (secondary N) is 1. The number of rotatable bonds is 8. The quantitative estimate of drug-likeness (QED) is 0.767. The van der Waals surface area contributed by atoms with Crippen molar-refractivity contribution in [3.63, 3.8) is 0 Å². The van der Waals surface area contributed by atoms with Crippen LogP contribution in [0, 0.1) is 6.92 Å². The molecule has 6 nitrogen and oxygen atoms in total. The van der Waals surface area contributed by atoms with Gasteiger partial charge in [-0.3, -0.25) is 14.5 Å². The summed E-state index contributed by atoms with van der Waals surface area (Å²) >= 11 is 0. The van der Waals surface area contributed by atoms with Crippen LogP contribution in [0.3, 0.4) is 0 Å². The summed E-state index contributed by atoms with van der Waals surface area (Å²) in [7, 11) is 0. The van der Waals surface area contributed by atoms with E-state index in [4.69, 9.17) is 4.74 Å². The molecule has 0 aliphatic carbocycles. The minimum Gasteiger partial charge on any atom is -0.379 e. The molecular weight excluding hydrogens is 318 g/mol. The number of morpholine rings is 1. The average Bonchev–Trinajstić information content (AvgIpc) is 2.61. The molecule has 0 atom stereocenters. The Morgan fingerprint density at radius 1 is 1.20 bits per heavy atom. The van der Waals surface area contributed by atoms with Gasteiger partial charge in [-0.1, -0.05) is 24.3 Å². The summed E-state index contributed by atoms with van der Waals surface area (Å²) in [6.07, 6.45) is 0.328.